The number of aliphatic carboxylic acids is 1. The molecule has 0 heterocycles. The van der Waals surface area contributed by atoms with Gasteiger partial charge in [-0.25, -0.2) is 0 Å². The highest BCUT2D eigenvalue weighted by atomic mass is 32.2. The standard InChI is InChI=1S/C11H14O3S/c1-3-8-6-9(15-7-11(12)13)4-5-10(8)14-2/h4-6H,3,7H2,1-2H3,(H,12,13). The first-order valence-corrected chi connectivity index (χ1v) is 5.67. The van der Waals surface area contributed by atoms with Gasteiger partial charge in [-0.05, 0) is 30.2 Å². The van der Waals surface area contributed by atoms with Gasteiger partial charge in [-0.15, -0.1) is 11.8 Å². The van der Waals surface area contributed by atoms with E-state index in [1.807, 2.05) is 25.1 Å². The van der Waals surface area contributed by atoms with E-state index in [0.29, 0.717) is 0 Å². The molecule has 0 unspecified atom stereocenters. The zero-order chi connectivity index (χ0) is 11.3. The molecule has 0 aliphatic rings. The number of rotatable bonds is 5. The lowest BCUT2D eigenvalue weighted by molar-refractivity contribution is -0.133. The molecule has 0 fully saturated rings. The summed E-state index contributed by atoms with van der Waals surface area (Å²) in [5.74, 6) is 0.154. The number of hydrogen-bond donors (Lipinski definition) is 1. The fourth-order valence-corrected chi connectivity index (χ4v) is 1.95. The Morgan fingerprint density at radius 2 is 2.27 bits per heavy atom. The molecule has 0 radical (unpaired) electrons. The number of benzene rings is 1. The lowest BCUT2D eigenvalue weighted by Gasteiger charge is -2.08. The molecule has 0 saturated carbocycles. The minimum atomic E-state index is -0.797. The molecular weight excluding hydrogens is 212 g/mol. The molecule has 0 saturated heterocycles. The molecule has 0 spiro atoms. The van der Waals surface area contributed by atoms with Gasteiger partial charge in [0.1, 0.15) is 5.75 Å². The van der Waals surface area contributed by atoms with Crippen LogP contribution in [0.5, 0.6) is 5.75 Å². The molecule has 1 rings (SSSR count). The fraction of sp³-hybridized carbons (Fsp3) is 0.364. The van der Waals surface area contributed by atoms with Crippen LogP contribution in [0.4, 0.5) is 0 Å². The second-order valence-electron chi connectivity index (χ2n) is 3.01. The predicted molar refractivity (Wildman–Crippen MR) is 60.7 cm³/mol. The third-order valence-electron chi connectivity index (χ3n) is 2.00. The third kappa shape index (κ3) is 3.47. The Morgan fingerprint density at radius 3 is 2.80 bits per heavy atom. The molecule has 3 nitrogen and oxygen atoms in total. The zero-order valence-electron chi connectivity index (χ0n) is 8.82. The van der Waals surface area contributed by atoms with Crippen LogP contribution < -0.4 is 4.74 Å². The van der Waals surface area contributed by atoms with Gasteiger partial charge in [0, 0.05) is 4.90 Å². The molecule has 4 heteroatoms. The zero-order valence-corrected chi connectivity index (χ0v) is 9.63. The van der Waals surface area contributed by atoms with Crippen LogP contribution in [0.1, 0.15) is 12.5 Å². The number of aryl methyl sites for hydroxylation is 1. The summed E-state index contributed by atoms with van der Waals surface area (Å²) in [4.78, 5) is 11.4. The van der Waals surface area contributed by atoms with Gasteiger partial charge in [0.15, 0.2) is 0 Å². The smallest absolute Gasteiger partial charge is 0.313 e. The molecule has 0 bridgehead atoms. The second kappa shape index (κ2) is 5.66. The quantitative estimate of drug-likeness (QED) is 0.783. The maximum absolute atomic E-state index is 10.4. The summed E-state index contributed by atoms with van der Waals surface area (Å²) >= 11 is 1.32. The molecule has 0 amide bonds. The Labute approximate surface area is 93.4 Å². The molecular formula is C11H14O3S. The van der Waals surface area contributed by atoms with Crippen molar-refractivity contribution in [2.24, 2.45) is 0 Å². The van der Waals surface area contributed by atoms with Crippen molar-refractivity contribution >= 4 is 17.7 Å². The van der Waals surface area contributed by atoms with E-state index in [2.05, 4.69) is 0 Å². The van der Waals surface area contributed by atoms with Gasteiger partial charge >= 0.3 is 5.97 Å². The summed E-state index contributed by atoms with van der Waals surface area (Å²) in [6, 6.07) is 5.74. The molecule has 82 valence electrons. The second-order valence-corrected chi connectivity index (χ2v) is 4.06. The Kier molecular flexibility index (Phi) is 4.49. The molecule has 1 N–H and O–H groups in total. The van der Waals surface area contributed by atoms with E-state index in [1.54, 1.807) is 7.11 Å². The number of carboxylic acid groups (broad SMARTS) is 1. The van der Waals surface area contributed by atoms with Crippen LogP contribution in [0.3, 0.4) is 0 Å². The molecule has 1 aromatic carbocycles. The summed E-state index contributed by atoms with van der Waals surface area (Å²) in [6.07, 6.45) is 0.880. The average Bonchev–Trinajstić information content (AvgIpc) is 2.25. The molecule has 0 aromatic heterocycles. The first-order valence-electron chi connectivity index (χ1n) is 4.69. The summed E-state index contributed by atoms with van der Waals surface area (Å²) in [7, 11) is 1.64. The van der Waals surface area contributed by atoms with Gasteiger partial charge in [-0.1, -0.05) is 6.92 Å². The maximum atomic E-state index is 10.4. The Bertz CT molecular complexity index is 350. The van der Waals surface area contributed by atoms with E-state index in [1.165, 1.54) is 11.8 Å². The summed E-state index contributed by atoms with van der Waals surface area (Å²) in [5.41, 5.74) is 1.10. The van der Waals surface area contributed by atoms with Gasteiger partial charge < -0.3 is 9.84 Å². The van der Waals surface area contributed by atoms with Crippen LogP contribution in [0, 0.1) is 0 Å². The van der Waals surface area contributed by atoms with Crippen LogP contribution in [0.2, 0.25) is 0 Å². The highest BCUT2D eigenvalue weighted by Gasteiger charge is 2.04. The highest BCUT2D eigenvalue weighted by molar-refractivity contribution is 8.00. The SMILES string of the molecule is CCc1cc(SCC(=O)O)ccc1OC. The number of carbonyl (C=O) groups is 1. The average molecular weight is 226 g/mol. The summed E-state index contributed by atoms with van der Waals surface area (Å²) in [6.45, 7) is 2.05. The van der Waals surface area contributed by atoms with Gasteiger partial charge in [0.25, 0.3) is 0 Å². The van der Waals surface area contributed by atoms with Crippen LogP contribution in [0.15, 0.2) is 23.1 Å². The molecule has 0 atom stereocenters. The van der Waals surface area contributed by atoms with E-state index in [-0.39, 0.29) is 5.75 Å². The number of thioether (sulfide) groups is 1. The first kappa shape index (κ1) is 11.9. The number of methoxy groups -OCH3 is 1. The maximum Gasteiger partial charge on any atom is 0.313 e. The van der Waals surface area contributed by atoms with Crippen molar-refractivity contribution in [3.05, 3.63) is 23.8 Å². The minimum absolute atomic E-state index is 0.0927. The lowest BCUT2D eigenvalue weighted by Crippen LogP contribution is -1.98. The van der Waals surface area contributed by atoms with E-state index in [4.69, 9.17) is 9.84 Å². The van der Waals surface area contributed by atoms with Crippen LogP contribution in [0.25, 0.3) is 0 Å². The highest BCUT2D eigenvalue weighted by Crippen LogP contribution is 2.26. The summed E-state index contributed by atoms with van der Waals surface area (Å²) in [5, 5.41) is 8.56. The third-order valence-corrected chi connectivity index (χ3v) is 2.97. The Hall–Kier alpha value is -1.16. The Balaban J connectivity index is 2.78. The molecule has 0 aliphatic carbocycles. The topological polar surface area (TPSA) is 46.5 Å². The van der Waals surface area contributed by atoms with E-state index >= 15 is 0 Å². The normalized spacial score (nSPS) is 10.0. The summed E-state index contributed by atoms with van der Waals surface area (Å²) < 4.78 is 5.19. The lowest BCUT2D eigenvalue weighted by atomic mass is 10.1. The van der Waals surface area contributed by atoms with Crippen molar-refractivity contribution in [2.45, 2.75) is 18.2 Å². The molecule has 15 heavy (non-hydrogen) atoms. The van der Waals surface area contributed by atoms with E-state index in [9.17, 15) is 4.79 Å². The van der Waals surface area contributed by atoms with Crippen molar-refractivity contribution in [3.63, 3.8) is 0 Å². The van der Waals surface area contributed by atoms with Crippen LogP contribution in [-0.2, 0) is 11.2 Å². The number of carboxylic acids is 1. The van der Waals surface area contributed by atoms with Crippen molar-refractivity contribution in [1.82, 2.24) is 0 Å². The first-order chi connectivity index (χ1) is 7.17. The van der Waals surface area contributed by atoms with Crippen molar-refractivity contribution in [3.8, 4) is 5.75 Å². The van der Waals surface area contributed by atoms with Gasteiger partial charge in [0.2, 0.25) is 0 Å². The number of hydrogen-bond acceptors (Lipinski definition) is 3. The van der Waals surface area contributed by atoms with E-state index in [0.717, 1.165) is 22.6 Å². The minimum Gasteiger partial charge on any atom is -0.496 e. The van der Waals surface area contributed by atoms with Crippen molar-refractivity contribution in [2.75, 3.05) is 12.9 Å². The van der Waals surface area contributed by atoms with Crippen molar-refractivity contribution < 1.29 is 14.6 Å². The Morgan fingerprint density at radius 1 is 1.53 bits per heavy atom. The van der Waals surface area contributed by atoms with E-state index < -0.39 is 5.97 Å². The molecule has 1 aromatic rings. The van der Waals surface area contributed by atoms with Crippen molar-refractivity contribution in [1.29, 1.82) is 0 Å². The largest absolute Gasteiger partial charge is 0.496 e. The fourth-order valence-electron chi connectivity index (χ4n) is 1.27. The predicted octanol–water partition coefficient (Wildman–Crippen LogP) is 2.43. The van der Waals surface area contributed by atoms with Crippen LogP contribution >= 0.6 is 11.8 Å². The van der Waals surface area contributed by atoms with Crippen LogP contribution in [-0.4, -0.2) is 23.9 Å². The van der Waals surface area contributed by atoms with Gasteiger partial charge in [-0.2, -0.15) is 0 Å². The van der Waals surface area contributed by atoms with Gasteiger partial charge in [-0.3, -0.25) is 4.79 Å². The monoisotopic (exact) mass is 226 g/mol. The van der Waals surface area contributed by atoms with Gasteiger partial charge in [0.05, 0.1) is 12.9 Å². The number of ether oxygens (including phenoxy) is 1. The molecule has 0 aliphatic heterocycles.